The average Bonchev–Trinajstić information content (AvgIpc) is 2.91. The van der Waals surface area contributed by atoms with Gasteiger partial charge in [-0.2, -0.15) is 5.10 Å². The van der Waals surface area contributed by atoms with Gasteiger partial charge in [0.2, 0.25) is 0 Å². The van der Waals surface area contributed by atoms with Gasteiger partial charge in [0, 0.05) is 10.2 Å². The number of thiocarbonyl (C=S) groups is 1. The fourth-order valence-corrected chi connectivity index (χ4v) is 3.38. The average molecular weight is 443 g/mol. The van der Waals surface area contributed by atoms with Gasteiger partial charge in [-0.3, -0.25) is 4.68 Å². The van der Waals surface area contributed by atoms with E-state index in [0.717, 1.165) is 40.2 Å². The summed E-state index contributed by atoms with van der Waals surface area (Å²) < 4.78 is 3.07. The van der Waals surface area contributed by atoms with Crippen LogP contribution in [0.4, 0.5) is 11.4 Å². The molecular formula is C21H23BrN4S. The third kappa shape index (κ3) is 4.96. The van der Waals surface area contributed by atoms with Gasteiger partial charge >= 0.3 is 0 Å². The van der Waals surface area contributed by atoms with Crippen molar-refractivity contribution in [3.05, 3.63) is 75.5 Å². The molecule has 2 aromatic carbocycles. The Balaban J connectivity index is 1.69. The van der Waals surface area contributed by atoms with Crippen molar-refractivity contribution in [2.24, 2.45) is 0 Å². The number of nitrogens with zero attached hydrogens (tertiary/aromatic N) is 2. The summed E-state index contributed by atoms with van der Waals surface area (Å²) in [6, 6.07) is 16.6. The number of benzene rings is 2. The number of hydrogen-bond acceptors (Lipinski definition) is 2. The first-order valence-electron chi connectivity index (χ1n) is 8.91. The van der Waals surface area contributed by atoms with E-state index >= 15 is 0 Å². The Hall–Kier alpha value is -2.18. The number of nitrogens with one attached hydrogen (secondary N) is 2. The number of hydrogen-bond donors (Lipinski definition) is 2. The Bertz CT molecular complexity index is 930. The van der Waals surface area contributed by atoms with E-state index in [1.807, 2.05) is 35.9 Å². The maximum absolute atomic E-state index is 5.49. The lowest BCUT2D eigenvalue weighted by molar-refractivity contribution is 0.659. The highest BCUT2D eigenvalue weighted by Crippen LogP contribution is 2.21. The fourth-order valence-electron chi connectivity index (χ4n) is 2.89. The predicted molar refractivity (Wildman–Crippen MR) is 121 cm³/mol. The van der Waals surface area contributed by atoms with E-state index in [2.05, 4.69) is 69.8 Å². The number of anilines is 2. The number of aryl methyl sites for hydroxylation is 2. The van der Waals surface area contributed by atoms with Gasteiger partial charge in [-0.25, -0.2) is 0 Å². The second kappa shape index (κ2) is 8.67. The van der Waals surface area contributed by atoms with Gasteiger partial charge in [0.05, 0.1) is 23.6 Å². The van der Waals surface area contributed by atoms with Crippen molar-refractivity contribution >= 4 is 44.6 Å². The molecule has 0 fully saturated rings. The summed E-state index contributed by atoms with van der Waals surface area (Å²) in [6.07, 6.45) is 1.03. The molecule has 0 aliphatic heterocycles. The van der Waals surface area contributed by atoms with Crippen LogP contribution >= 0.6 is 28.1 Å². The van der Waals surface area contributed by atoms with Gasteiger partial charge in [0.1, 0.15) is 0 Å². The van der Waals surface area contributed by atoms with E-state index in [0.29, 0.717) is 5.11 Å². The summed E-state index contributed by atoms with van der Waals surface area (Å²) in [4.78, 5) is 0. The van der Waals surface area contributed by atoms with Gasteiger partial charge in [0.25, 0.3) is 0 Å². The normalized spacial score (nSPS) is 10.7. The second-order valence-corrected chi connectivity index (χ2v) is 7.78. The molecule has 3 rings (SSSR count). The van der Waals surface area contributed by atoms with Crippen LogP contribution < -0.4 is 10.6 Å². The zero-order valence-electron chi connectivity index (χ0n) is 15.7. The summed E-state index contributed by atoms with van der Waals surface area (Å²) in [5.74, 6) is 0. The van der Waals surface area contributed by atoms with Crippen LogP contribution in [0.3, 0.4) is 0 Å². The van der Waals surface area contributed by atoms with E-state index in [-0.39, 0.29) is 0 Å². The highest BCUT2D eigenvalue weighted by molar-refractivity contribution is 9.10. The van der Waals surface area contributed by atoms with Gasteiger partial charge < -0.3 is 10.6 Å². The molecule has 0 atom stereocenters. The first-order chi connectivity index (χ1) is 13.0. The van der Waals surface area contributed by atoms with Crippen molar-refractivity contribution in [2.45, 2.75) is 33.7 Å². The first-order valence-corrected chi connectivity index (χ1v) is 10.1. The molecule has 0 spiro atoms. The molecule has 1 aromatic heterocycles. The van der Waals surface area contributed by atoms with E-state index in [4.69, 9.17) is 12.2 Å². The monoisotopic (exact) mass is 442 g/mol. The Morgan fingerprint density at radius 1 is 1.00 bits per heavy atom. The maximum Gasteiger partial charge on any atom is 0.175 e. The van der Waals surface area contributed by atoms with Gasteiger partial charge in [-0.1, -0.05) is 47.1 Å². The van der Waals surface area contributed by atoms with Crippen molar-refractivity contribution < 1.29 is 0 Å². The molecule has 2 N–H and O–H groups in total. The minimum atomic E-state index is 0.564. The molecule has 0 amide bonds. The summed E-state index contributed by atoms with van der Waals surface area (Å²) in [7, 11) is 0. The van der Waals surface area contributed by atoms with Crippen LogP contribution in [0, 0.1) is 13.8 Å². The molecule has 0 unspecified atom stereocenters. The van der Waals surface area contributed by atoms with Crippen LogP contribution in [0.5, 0.6) is 0 Å². The SMILES string of the molecule is CCc1ccc(NC(=S)Nc2c(C)nn(Cc3ccc(Br)cc3)c2C)cc1. The summed E-state index contributed by atoms with van der Waals surface area (Å²) in [6.45, 7) is 6.92. The van der Waals surface area contributed by atoms with Gasteiger partial charge in [-0.15, -0.1) is 0 Å². The van der Waals surface area contributed by atoms with Crippen molar-refractivity contribution in [1.29, 1.82) is 0 Å². The Labute approximate surface area is 174 Å². The molecule has 4 nitrogen and oxygen atoms in total. The number of aromatic nitrogens is 2. The predicted octanol–water partition coefficient (Wildman–Crippen LogP) is 5.68. The van der Waals surface area contributed by atoms with Crippen LogP contribution in [0.25, 0.3) is 0 Å². The minimum absolute atomic E-state index is 0.564. The van der Waals surface area contributed by atoms with E-state index < -0.39 is 0 Å². The molecule has 6 heteroatoms. The standard InChI is InChI=1S/C21H23BrN4S/c1-4-16-7-11-19(12-8-16)23-21(27)24-20-14(2)25-26(15(20)3)13-17-5-9-18(22)10-6-17/h5-12H,4,13H2,1-3H3,(H2,23,24,27). The summed E-state index contributed by atoms with van der Waals surface area (Å²) in [5.41, 5.74) is 6.42. The largest absolute Gasteiger partial charge is 0.332 e. The lowest BCUT2D eigenvalue weighted by atomic mass is 10.1. The van der Waals surface area contributed by atoms with Crippen LogP contribution in [-0.4, -0.2) is 14.9 Å². The van der Waals surface area contributed by atoms with Crippen LogP contribution in [0.2, 0.25) is 0 Å². The van der Waals surface area contributed by atoms with E-state index in [1.54, 1.807) is 0 Å². The maximum atomic E-state index is 5.49. The number of halogens is 1. The van der Waals surface area contributed by atoms with Gasteiger partial charge in [0.15, 0.2) is 5.11 Å². The highest BCUT2D eigenvalue weighted by Gasteiger charge is 2.13. The van der Waals surface area contributed by atoms with Crippen LogP contribution in [0.1, 0.15) is 29.4 Å². The lowest BCUT2D eigenvalue weighted by Crippen LogP contribution is -2.20. The molecule has 0 aliphatic carbocycles. The summed E-state index contributed by atoms with van der Waals surface area (Å²) >= 11 is 8.96. The summed E-state index contributed by atoms with van der Waals surface area (Å²) in [5, 5.41) is 11.8. The quantitative estimate of drug-likeness (QED) is 0.498. The lowest BCUT2D eigenvalue weighted by Gasteiger charge is -2.12. The van der Waals surface area contributed by atoms with Crippen molar-refractivity contribution in [1.82, 2.24) is 9.78 Å². The first kappa shape index (κ1) is 19.6. The molecule has 0 aliphatic rings. The number of rotatable bonds is 5. The molecule has 3 aromatic rings. The highest BCUT2D eigenvalue weighted by atomic mass is 79.9. The zero-order chi connectivity index (χ0) is 19.4. The molecular weight excluding hydrogens is 420 g/mol. The Kier molecular flexibility index (Phi) is 6.29. The molecule has 0 saturated heterocycles. The Morgan fingerprint density at radius 3 is 2.26 bits per heavy atom. The third-order valence-electron chi connectivity index (χ3n) is 4.49. The molecule has 140 valence electrons. The van der Waals surface area contributed by atoms with Crippen LogP contribution in [0.15, 0.2) is 53.0 Å². The fraction of sp³-hybridized carbons (Fsp3) is 0.238. The molecule has 0 saturated carbocycles. The molecule has 1 heterocycles. The third-order valence-corrected chi connectivity index (χ3v) is 5.22. The van der Waals surface area contributed by atoms with E-state index in [9.17, 15) is 0 Å². The van der Waals surface area contributed by atoms with Crippen LogP contribution in [-0.2, 0) is 13.0 Å². The smallest absolute Gasteiger partial charge is 0.175 e. The molecule has 0 radical (unpaired) electrons. The van der Waals surface area contributed by atoms with Crippen molar-refractivity contribution in [2.75, 3.05) is 10.6 Å². The topological polar surface area (TPSA) is 41.9 Å². The van der Waals surface area contributed by atoms with E-state index in [1.165, 1.54) is 11.1 Å². The zero-order valence-corrected chi connectivity index (χ0v) is 18.1. The minimum Gasteiger partial charge on any atom is -0.332 e. The Morgan fingerprint density at radius 2 is 1.63 bits per heavy atom. The molecule has 27 heavy (non-hydrogen) atoms. The molecule has 0 bridgehead atoms. The van der Waals surface area contributed by atoms with Crippen molar-refractivity contribution in [3.63, 3.8) is 0 Å². The second-order valence-electron chi connectivity index (χ2n) is 6.46. The van der Waals surface area contributed by atoms with Crippen molar-refractivity contribution in [3.8, 4) is 0 Å². The van der Waals surface area contributed by atoms with Gasteiger partial charge in [-0.05, 0) is 67.9 Å².